The van der Waals surface area contributed by atoms with Crippen LogP contribution in [0.5, 0.6) is 0 Å². The van der Waals surface area contributed by atoms with E-state index < -0.39 is 18.0 Å². The number of nitrogens with zero attached hydrogens (tertiary/aromatic N) is 3. The van der Waals surface area contributed by atoms with E-state index in [1.165, 1.54) is 18.0 Å². The molecule has 1 aliphatic rings. The molecule has 0 aromatic carbocycles. The van der Waals surface area contributed by atoms with Crippen LogP contribution in [0.4, 0.5) is 10.3 Å². The number of nitrogens with one attached hydrogen (secondary N) is 1. The van der Waals surface area contributed by atoms with Crippen molar-refractivity contribution in [2.45, 2.75) is 24.9 Å². The van der Waals surface area contributed by atoms with Crippen LogP contribution in [0.25, 0.3) is 11.2 Å². The smallest absolute Gasteiger partial charge is 0.280 e. The van der Waals surface area contributed by atoms with Crippen molar-refractivity contribution in [3.63, 3.8) is 0 Å². The average Bonchev–Trinajstić information content (AvgIpc) is 3.05. The quantitative estimate of drug-likeness (QED) is 0.701. The predicted octanol–water partition coefficient (Wildman–Crippen LogP) is -0.418. The fourth-order valence-corrected chi connectivity index (χ4v) is 2.37. The number of fused-ring (bicyclic) bond motifs is 1. The number of nitrogen functional groups attached to an aromatic ring is 1. The number of ether oxygens (including phenoxy) is 2. The molecule has 2 aromatic rings. The molecule has 0 bridgehead atoms. The van der Waals surface area contributed by atoms with Crippen molar-refractivity contribution in [2.24, 2.45) is 0 Å². The highest BCUT2D eigenvalue weighted by Crippen LogP contribution is 2.32. The lowest BCUT2D eigenvalue weighted by Crippen LogP contribution is -2.18. The molecule has 3 rings (SSSR count). The number of aliphatic hydroxyl groups is 1. The van der Waals surface area contributed by atoms with Gasteiger partial charge in [-0.2, -0.15) is 4.98 Å². The lowest BCUT2D eigenvalue weighted by Gasteiger charge is -2.15. The molecule has 122 valence electrons. The molecule has 1 aliphatic heterocycles. The number of H-pyrrole nitrogens is 1. The van der Waals surface area contributed by atoms with Crippen LogP contribution in [-0.4, -0.2) is 57.7 Å². The summed E-state index contributed by atoms with van der Waals surface area (Å²) < 4.78 is 26.0. The summed E-state index contributed by atoms with van der Waals surface area (Å²) >= 11 is 0. The number of nitrogens with two attached hydrogens (primary N) is 1. The molecule has 0 radical (unpaired) electrons. The van der Waals surface area contributed by atoms with Gasteiger partial charge in [-0.15, -0.1) is 0 Å². The Morgan fingerprint density at radius 2 is 2.36 bits per heavy atom. The third-order valence-corrected chi connectivity index (χ3v) is 3.21. The first-order chi connectivity index (χ1) is 10.6. The number of aromatic amines is 1. The minimum absolute atomic E-state index is 0.0499. The molecule has 0 spiro atoms. The Balaban J connectivity index is 0.000000847. The zero-order valence-corrected chi connectivity index (χ0v) is 12.2. The van der Waals surface area contributed by atoms with Crippen molar-refractivity contribution in [1.82, 2.24) is 19.5 Å². The Hall–Kier alpha value is -2.04. The van der Waals surface area contributed by atoms with E-state index in [0.29, 0.717) is 6.61 Å². The highest BCUT2D eigenvalue weighted by Gasteiger charge is 2.37. The maximum Gasteiger partial charge on any atom is 0.280 e. The van der Waals surface area contributed by atoms with Gasteiger partial charge in [0.2, 0.25) is 5.95 Å². The van der Waals surface area contributed by atoms with Crippen LogP contribution in [0.1, 0.15) is 12.6 Å². The van der Waals surface area contributed by atoms with Crippen LogP contribution in [0, 0.1) is 0 Å². The van der Waals surface area contributed by atoms with Crippen molar-refractivity contribution in [3.8, 4) is 0 Å². The summed E-state index contributed by atoms with van der Waals surface area (Å²) in [5.41, 5.74) is 5.34. The third-order valence-electron chi connectivity index (χ3n) is 3.21. The van der Waals surface area contributed by atoms with E-state index in [2.05, 4.69) is 15.0 Å². The Morgan fingerprint density at radius 1 is 1.64 bits per heavy atom. The van der Waals surface area contributed by atoms with E-state index >= 15 is 0 Å². The largest absolute Gasteiger partial charge is 0.400 e. The van der Waals surface area contributed by atoms with Crippen LogP contribution in [0.2, 0.25) is 0 Å². The van der Waals surface area contributed by atoms with Gasteiger partial charge in [0.25, 0.3) is 5.56 Å². The average molecular weight is 315 g/mol. The number of hydrogen-bond acceptors (Lipinski definition) is 7. The number of imidazole rings is 1. The van der Waals surface area contributed by atoms with E-state index in [0.717, 1.165) is 7.11 Å². The standard InChI is InChI=1S/C11H14FN5O3.CH4O/c1-19-3-5-2-6(12)10(20-5)17-4-14-7-8(17)15-11(13)16-9(7)18;1-2/h4-6,10H,2-3H2,1H3,(H3,13,15,16,18);2H,1H3/t5-,6?,10+;/m0./s1. The molecule has 3 heterocycles. The minimum atomic E-state index is -1.23. The highest BCUT2D eigenvalue weighted by atomic mass is 19.1. The third kappa shape index (κ3) is 2.93. The maximum absolute atomic E-state index is 14.1. The Labute approximate surface area is 124 Å². The molecule has 2 aromatic heterocycles. The molecule has 1 unspecified atom stereocenters. The number of aromatic nitrogens is 4. The lowest BCUT2D eigenvalue weighted by molar-refractivity contribution is -0.0423. The molecule has 1 fully saturated rings. The van der Waals surface area contributed by atoms with Gasteiger partial charge in [0, 0.05) is 20.6 Å². The molecular weight excluding hydrogens is 297 g/mol. The monoisotopic (exact) mass is 315 g/mol. The summed E-state index contributed by atoms with van der Waals surface area (Å²) in [4.78, 5) is 21.9. The van der Waals surface area contributed by atoms with Gasteiger partial charge in [-0.25, -0.2) is 9.37 Å². The summed E-state index contributed by atoms with van der Waals surface area (Å²) in [6.45, 7) is 0.305. The molecule has 0 amide bonds. The zero-order chi connectivity index (χ0) is 16.3. The van der Waals surface area contributed by atoms with Crippen molar-refractivity contribution in [2.75, 3.05) is 26.6 Å². The lowest BCUT2D eigenvalue weighted by atomic mass is 10.2. The number of rotatable bonds is 3. The van der Waals surface area contributed by atoms with Gasteiger partial charge < -0.3 is 20.3 Å². The first kappa shape index (κ1) is 16.3. The number of halogens is 1. The molecule has 10 heteroatoms. The Kier molecular flexibility index (Phi) is 5.06. The van der Waals surface area contributed by atoms with Crippen LogP contribution in [-0.2, 0) is 9.47 Å². The molecule has 1 saturated heterocycles. The van der Waals surface area contributed by atoms with E-state index in [-0.39, 0.29) is 29.6 Å². The number of methoxy groups -OCH3 is 1. The summed E-state index contributed by atoms with van der Waals surface area (Å²) in [7, 11) is 2.53. The number of aliphatic hydroxyl groups excluding tert-OH is 1. The van der Waals surface area contributed by atoms with Gasteiger partial charge in [0.1, 0.15) is 6.17 Å². The van der Waals surface area contributed by atoms with E-state index in [9.17, 15) is 9.18 Å². The van der Waals surface area contributed by atoms with Crippen LogP contribution in [0.3, 0.4) is 0 Å². The molecule has 9 nitrogen and oxygen atoms in total. The Bertz CT molecular complexity index is 688. The fraction of sp³-hybridized carbons (Fsp3) is 0.583. The van der Waals surface area contributed by atoms with Gasteiger partial charge in [-0.05, 0) is 0 Å². The van der Waals surface area contributed by atoms with Crippen LogP contribution < -0.4 is 11.3 Å². The predicted molar refractivity (Wildman–Crippen MR) is 76.0 cm³/mol. The number of hydrogen-bond donors (Lipinski definition) is 3. The Morgan fingerprint density at radius 3 is 3.05 bits per heavy atom. The SMILES string of the molecule is CO.COC[C@@H]1CC(F)[C@H](n2cnc3c(=O)[nH]c(N)nc32)O1. The van der Waals surface area contributed by atoms with Gasteiger partial charge in [-0.1, -0.05) is 0 Å². The molecule has 0 aliphatic carbocycles. The van der Waals surface area contributed by atoms with Gasteiger partial charge in [0.05, 0.1) is 19.0 Å². The van der Waals surface area contributed by atoms with E-state index in [1.54, 1.807) is 0 Å². The first-order valence-corrected chi connectivity index (χ1v) is 6.55. The molecular formula is C12H18FN5O4. The topological polar surface area (TPSA) is 128 Å². The summed E-state index contributed by atoms with van der Waals surface area (Å²) in [5.74, 6) is -0.0499. The van der Waals surface area contributed by atoms with Gasteiger partial charge in [-0.3, -0.25) is 14.3 Å². The second-order valence-electron chi connectivity index (χ2n) is 4.63. The fourth-order valence-electron chi connectivity index (χ4n) is 2.37. The molecule has 22 heavy (non-hydrogen) atoms. The first-order valence-electron chi connectivity index (χ1n) is 6.55. The van der Waals surface area contributed by atoms with Crippen LogP contribution in [0.15, 0.2) is 11.1 Å². The molecule has 0 saturated carbocycles. The van der Waals surface area contributed by atoms with Crippen molar-refractivity contribution in [1.29, 1.82) is 0 Å². The summed E-state index contributed by atoms with van der Waals surface area (Å²) in [6, 6.07) is 0. The van der Waals surface area contributed by atoms with E-state index in [4.69, 9.17) is 20.3 Å². The van der Waals surface area contributed by atoms with Crippen LogP contribution >= 0.6 is 0 Å². The van der Waals surface area contributed by atoms with Gasteiger partial charge in [0.15, 0.2) is 17.4 Å². The zero-order valence-electron chi connectivity index (χ0n) is 12.2. The van der Waals surface area contributed by atoms with Crippen molar-refractivity contribution in [3.05, 3.63) is 16.7 Å². The number of anilines is 1. The van der Waals surface area contributed by atoms with Crippen molar-refractivity contribution >= 4 is 17.1 Å². The molecule has 3 atom stereocenters. The number of alkyl halides is 1. The minimum Gasteiger partial charge on any atom is -0.400 e. The highest BCUT2D eigenvalue weighted by molar-refractivity contribution is 5.70. The normalized spacial score (nSPS) is 24.3. The maximum atomic E-state index is 14.1. The summed E-state index contributed by atoms with van der Waals surface area (Å²) in [6.07, 6.45) is -0.893. The van der Waals surface area contributed by atoms with Gasteiger partial charge >= 0.3 is 0 Å². The summed E-state index contributed by atoms with van der Waals surface area (Å²) in [5, 5.41) is 7.00. The van der Waals surface area contributed by atoms with Crippen molar-refractivity contribution < 1.29 is 19.0 Å². The second kappa shape index (κ2) is 6.81. The molecule has 4 N–H and O–H groups in total. The van der Waals surface area contributed by atoms with E-state index in [1.807, 2.05) is 0 Å². The second-order valence-corrected chi connectivity index (χ2v) is 4.63.